The number of benzene rings is 8. The summed E-state index contributed by atoms with van der Waals surface area (Å²) >= 11 is 0. The Morgan fingerprint density at radius 3 is 1.50 bits per heavy atom. The number of aromatic nitrogens is 2. The Kier molecular flexibility index (Phi) is 6.72. The first-order valence-electron chi connectivity index (χ1n) is 16.5. The number of nitrogens with zero attached hydrogens (tertiary/aromatic N) is 2. The van der Waals surface area contributed by atoms with Gasteiger partial charge >= 0.3 is 0 Å². The number of imidazole rings is 1. The summed E-state index contributed by atoms with van der Waals surface area (Å²) < 4.78 is 4.67. The molecule has 0 saturated heterocycles. The molecule has 8 aromatic carbocycles. The topological polar surface area (TPSA) is 8.81 Å². The maximum absolute atomic E-state index is 2.40. The molecule has 0 radical (unpaired) electrons. The van der Waals surface area contributed by atoms with E-state index in [0.29, 0.717) is 0 Å². The number of para-hydroxylation sites is 3. The van der Waals surface area contributed by atoms with Gasteiger partial charge in [-0.05, 0) is 97.4 Å². The number of rotatable bonds is 5. The van der Waals surface area contributed by atoms with Crippen LogP contribution in [0.4, 0.5) is 0 Å². The molecule has 0 atom stereocenters. The van der Waals surface area contributed by atoms with E-state index in [0.717, 1.165) is 11.5 Å². The lowest BCUT2D eigenvalue weighted by atomic mass is 9.85. The number of hydrogen-bond donors (Lipinski definition) is 0. The fraction of sp³-hybridized carbons (Fsp3) is 0.0217. The molecule has 1 heterocycles. The highest BCUT2D eigenvalue weighted by Crippen LogP contribution is 2.44. The van der Waals surface area contributed by atoms with E-state index < -0.39 is 0 Å². The van der Waals surface area contributed by atoms with E-state index in [-0.39, 0.29) is 0 Å². The second-order valence-corrected chi connectivity index (χ2v) is 12.4. The van der Waals surface area contributed by atoms with Crippen LogP contribution in [0.5, 0.6) is 0 Å². The van der Waals surface area contributed by atoms with Gasteiger partial charge in [-0.15, -0.1) is 0 Å². The molecule has 9 aromatic rings. The van der Waals surface area contributed by atoms with Gasteiger partial charge < -0.3 is 0 Å². The molecule has 0 N–H and O–H groups in total. The van der Waals surface area contributed by atoms with Gasteiger partial charge in [-0.25, -0.2) is 4.57 Å². The van der Waals surface area contributed by atoms with Gasteiger partial charge in [-0.1, -0.05) is 140 Å². The van der Waals surface area contributed by atoms with Crippen molar-refractivity contribution in [2.45, 2.75) is 0 Å². The first-order chi connectivity index (χ1) is 23.8. The molecule has 0 spiro atoms. The second-order valence-electron chi connectivity index (χ2n) is 12.4. The van der Waals surface area contributed by atoms with Gasteiger partial charge in [0.25, 0.3) is 5.82 Å². The Labute approximate surface area is 280 Å². The Balaban J connectivity index is 1.24. The lowest BCUT2D eigenvalue weighted by molar-refractivity contribution is -0.633. The fourth-order valence-electron chi connectivity index (χ4n) is 7.48. The van der Waals surface area contributed by atoms with Crippen molar-refractivity contribution < 1.29 is 4.57 Å². The summed E-state index contributed by atoms with van der Waals surface area (Å²) in [5, 5.41) is 5.06. The Morgan fingerprint density at radius 2 is 0.854 bits per heavy atom. The van der Waals surface area contributed by atoms with Crippen molar-refractivity contribution in [2.24, 2.45) is 7.05 Å². The van der Waals surface area contributed by atoms with Gasteiger partial charge in [0.15, 0.2) is 11.0 Å². The van der Waals surface area contributed by atoms with E-state index in [4.69, 9.17) is 0 Å². The van der Waals surface area contributed by atoms with Crippen molar-refractivity contribution in [1.82, 2.24) is 4.57 Å². The molecule has 0 aliphatic rings. The number of fused-ring (bicyclic) bond motifs is 3. The monoisotopic (exact) mass is 613 g/mol. The van der Waals surface area contributed by atoms with Crippen LogP contribution in [-0.2, 0) is 7.05 Å². The summed E-state index contributed by atoms with van der Waals surface area (Å²) in [4.78, 5) is 0. The maximum atomic E-state index is 2.40. The Morgan fingerprint density at radius 1 is 0.375 bits per heavy atom. The Bertz CT molecular complexity index is 2580. The Hall–Kier alpha value is -6.25. The summed E-state index contributed by atoms with van der Waals surface area (Å²) in [6, 6.07) is 65.8. The lowest BCUT2D eigenvalue weighted by Crippen LogP contribution is -2.30. The van der Waals surface area contributed by atoms with Crippen molar-refractivity contribution >= 4 is 32.6 Å². The van der Waals surface area contributed by atoms with Crippen LogP contribution in [0.2, 0.25) is 0 Å². The van der Waals surface area contributed by atoms with Gasteiger partial charge in [0, 0.05) is 0 Å². The third kappa shape index (κ3) is 4.53. The molecule has 0 aliphatic heterocycles. The third-order valence-electron chi connectivity index (χ3n) is 9.65. The van der Waals surface area contributed by atoms with Crippen LogP contribution in [0.3, 0.4) is 0 Å². The molecule has 2 heteroatoms. The van der Waals surface area contributed by atoms with E-state index in [1.165, 1.54) is 71.5 Å². The van der Waals surface area contributed by atoms with E-state index in [9.17, 15) is 0 Å². The minimum atomic E-state index is 1.15. The highest BCUT2D eigenvalue weighted by Gasteiger charge is 2.25. The molecule has 2 nitrogen and oxygen atoms in total. The molecule has 9 rings (SSSR count). The van der Waals surface area contributed by atoms with Crippen molar-refractivity contribution in [2.75, 3.05) is 0 Å². The van der Waals surface area contributed by atoms with Crippen LogP contribution in [-0.4, -0.2) is 4.57 Å². The summed E-state index contributed by atoms with van der Waals surface area (Å²) in [7, 11) is 2.16. The molecule has 1 aromatic heterocycles. The molecule has 0 bridgehead atoms. The highest BCUT2D eigenvalue weighted by molar-refractivity contribution is 6.21. The minimum absolute atomic E-state index is 1.15. The fourth-order valence-corrected chi connectivity index (χ4v) is 7.48. The average Bonchev–Trinajstić information content (AvgIpc) is 3.46. The standard InChI is InChI=1S/C46H33N2/c1-47-42-23-13-14-24-43(42)48(37-19-9-4-10-20-37)46(47)35-27-25-32(26-28-35)36-29-30-40-41(31-36)45(34-17-7-3-8-18-34)39-22-12-11-21-38(39)44(40)33-15-5-2-6-16-33/h2-31H,1H3/q+1. The van der Waals surface area contributed by atoms with Crippen molar-refractivity contribution in [1.29, 1.82) is 0 Å². The van der Waals surface area contributed by atoms with Crippen LogP contribution < -0.4 is 4.57 Å². The van der Waals surface area contributed by atoms with E-state index in [1.807, 2.05) is 0 Å². The third-order valence-corrected chi connectivity index (χ3v) is 9.65. The normalized spacial score (nSPS) is 11.4. The van der Waals surface area contributed by atoms with Gasteiger partial charge in [0.1, 0.15) is 5.69 Å². The van der Waals surface area contributed by atoms with E-state index >= 15 is 0 Å². The highest BCUT2D eigenvalue weighted by atomic mass is 15.2. The maximum Gasteiger partial charge on any atom is 0.294 e. The van der Waals surface area contributed by atoms with Gasteiger partial charge in [-0.2, -0.15) is 4.57 Å². The summed E-state index contributed by atoms with van der Waals surface area (Å²) in [5.41, 5.74) is 12.1. The first kappa shape index (κ1) is 28.0. The van der Waals surface area contributed by atoms with Gasteiger partial charge in [-0.3, -0.25) is 0 Å². The van der Waals surface area contributed by atoms with Crippen molar-refractivity contribution in [3.05, 3.63) is 182 Å². The molecule has 0 saturated carbocycles. The SMILES string of the molecule is C[n+]1c(-c2ccc(-c3ccc4c(-c5ccccc5)c5ccccc5c(-c5ccccc5)c4c3)cc2)n(-c2ccccc2)c2ccccc21. The molecule has 0 amide bonds. The second kappa shape index (κ2) is 11.5. The number of hydrogen-bond acceptors (Lipinski definition) is 0. The van der Waals surface area contributed by atoms with Crippen LogP contribution in [0.1, 0.15) is 0 Å². The van der Waals surface area contributed by atoms with Crippen LogP contribution in [0.25, 0.3) is 83.0 Å². The van der Waals surface area contributed by atoms with Gasteiger partial charge in [0.2, 0.25) is 0 Å². The van der Waals surface area contributed by atoms with Crippen LogP contribution in [0, 0.1) is 0 Å². The van der Waals surface area contributed by atoms with Gasteiger partial charge in [0.05, 0.1) is 12.6 Å². The predicted octanol–water partition coefficient (Wildman–Crippen LogP) is 11.4. The molecular weight excluding hydrogens is 581 g/mol. The molecule has 0 aliphatic carbocycles. The van der Waals surface area contributed by atoms with Crippen LogP contribution in [0.15, 0.2) is 182 Å². The van der Waals surface area contributed by atoms with Crippen LogP contribution >= 0.6 is 0 Å². The number of aryl methyl sites for hydroxylation is 1. The average molecular weight is 614 g/mol. The summed E-state index contributed by atoms with van der Waals surface area (Å²) in [6.07, 6.45) is 0. The summed E-state index contributed by atoms with van der Waals surface area (Å²) in [6.45, 7) is 0. The van der Waals surface area contributed by atoms with E-state index in [2.05, 4.69) is 198 Å². The smallest absolute Gasteiger partial charge is 0.225 e. The van der Waals surface area contributed by atoms with Crippen molar-refractivity contribution in [3.8, 4) is 50.5 Å². The zero-order valence-electron chi connectivity index (χ0n) is 26.7. The minimum Gasteiger partial charge on any atom is -0.225 e. The molecule has 48 heavy (non-hydrogen) atoms. The largest absolute Gasteiger partial charge is 0.294 e. The zero-order chi connectivity index (χ0) is 32.0. The molecule has 0 unspecified atom stereocenters. The quantitative estimate of drug-likeness (QED) is 0.135. The zero-order valence-corrected chi connectivity index (χ0v) is 26.7. The van der Waals surface area contributed by atoms with Crippen molar-refractivity contribution in [3.63, 3.8) is 0 Å². The first-order valence-corrected chi connectivity index (χ1v) is 16.5. The predicted molar refractivity (Wildman–Crippen MR) is 201 cm³/mol. The molecule has 226 valence electrons. The molecular formula is C46H33N2+. The summed E-state index contributed by atoms with van der Waals surface area (Å²) in [5.74, 6) is 1.15. The lowest BCUT2D eigenvalue weighted by Gasteiger charge is -2.18. The molecule has 0 fully saturated rings. The van der Waals surface area contributed by atoms with E-state index in [1.54, 1.807) is 0 Å².